The van der Waals surface area contributed by atoms with Crippen molar-refractivity contribution < 1.29 is 40.3 Å². The molecule has 1 amide bonds. The molecule has 5 atom stereocenters. The van der Waals surface area contributed by atoms with Gasteiger partial charge in [-0.1, -0.05) is 12.1 Å². The van der Waals surface area contributed by atoms with Crippen LogP contribution in [0.25, 0.3) is 0 Å². The largest absolute Gasteiger partial charge is 0.416 e. The standard InChI is InChI=1S/C26H27F7N2O2/c1-24(34-2)12-20(35-23(24)36)19-7-8-21(22(19)15-3-5-18(27)6-4-15)37-13-14-9-16(25(28,29)30)11-17(10-14)26(31,32)33/h3-6,9-11,19-22,34H,7-8,12-13H2,1-2H3,(H,35,36)/t19-,20+,21-,22-,24+/m0/s1. The van der Waals surface area contributed by atoms with Gasteiger partial charge in [-0.15, -0.1) is 0 Å². The van der Waals surface area contributed by atoms with Crippen molar-refractivity contribution in [1.29, 1.82) is 0 Å². The Morgan fingerprint density at radius 1 is 1.00 bits per heavy atom. The van der Waals surface area contributed by atoms with Crippen molar-refractivity contribution in [2.24, 2.45) is 5.92 Å². The van der Waals surface area contributed by atoms with Gasteiger partial charge in [-0.3, -0.25) is 4.79 Å². The van der Waals surface area contributed by atoms with E-state index in [2.05, 4.69) is 10.6 Å². The first-order valence-corrected chi connectivity index (χ1v) is 11.9. The topological polar surface area (TPSA) is 50.4 Å². The van der Waals surface area contributed by atoms with E-state index in [0.717, 1.165) is 5.56 Å². The molecule has 4 rings (SSSR count). The molecule has 2 N–H and O–H groups in total. The quantitative estimate of drug-likeness (QED) is 0.462. The SMILES string of the molecule is CN[C@]1(C)C[C@H]([C@@H]2CC[C@H](OCc3cc(C(F)(F)F)cc(C(F)(F)F)c3)[C@H]2c2ccc(F)cc2)NC1=O. The Labute approximate surface area is 209 Å². The molecule has 2 aliphatic rings. The van der Waals surface area contributed by atoms with Gasteiger partial charge in [-0.2, -0.15) is 26.3 Å². The summed E-state index contributed by atoms with van der Waals surface area (Å²) in [4.78, 5) is 12.6. The lowest BCUT2D eigenvalue weighted by molar-refractivity contribution is -0.143. The molecule has 1 saturated heterocycles. The highest BCUT2D eigenvalue weighted by molar-refractivity contribution is 5.88. The average molecular weight is 533 g/mol. The maximum atomic E-state index is 13.6. The first-order valence-electron chi connectivity index (χ1n) is 11.9. The number of rotatable bonds is 6. The minimum absolute atomic E-state index is 0.0813. The van der Waals surface area contributed by atoms with Gasteiger partial charge in [0.1, 0.15) is 5.82 Å². The number of nitrogens with one attached hydrogen (secondary N) is 2. The lowest BCUT2D eigenvalue weighted by Gasteiger charge is -2.30. The Bertz CT molecular complexity index is 1100. The molecule has 11 heteroatoms. The number of carbonyl (C=O) groups excluding carboxylic acids is 1. The van der Waals surface area contributed by atoms with Gasteiger partial charge in [0.05, 0.1) is 29.4 Å². The van der Waals surface area contributed by atoms with E-state index in [1.165, 1.54) is 12.1 Å². The summed E-state index contributed by atoms with van der Waals surface area (Å²) in [6.07, 6.45) is -8.90. The molecule has 2 fully saturated rings. The molecule has 0 aromatic heterocycles. The molecule has 1 aliphatic heterocycles. The number of hydrogen-bond donors (Lipinski definition) is 2. The van der Waals surface area contributed by atoms with E-state index in [4.69, 9.17) is 4.74 Å². The summed E-state index contributed by atoms with van der Waals surface area (Å²) in [5, 5.41) is 6.03. The van der Waals surface area contributed by atoms with Crippen molar-refractivity contribution in [2.45, 2.75) is 68.7 Å². The second-order valence-corrected chi connectivity index (χ2v) is 9.95. The lowest BCUT2D eigenvalue weighted by Crippen LogP contribution is -2.46. The van der Waals surface area contributed by atoms with Crippen LogP contribution in [0.3, 0.4) is 0 Å². The Balaban J connectivity index is 1.60. The van der Waals surface area contributed by atoms with Gasteiger partial charge in [0.15, 0.2) is 0 Å². The molecule has 2 aromatic carbocycles. The van der Waals surface area contributed by atoms with Gasteiger partial charge in [0.25, 0.3) is 0 Å². The second kappa shape index (κ2) is 9.90. The Morgan fingerprint density at radius 2 is 1.59 bits per heavy atom. The molecule has 202 valence electrons. The number of likely N-dealkylation sites (N-methyl/N-ethyl adjacent to an activating group) is 1. The molecular weight excluding hydrogens is 505 g/mol. The summed E-state index contributed by atoms with van der Waals surface area (Å²) in [6, 6.07) is 6.92. The predicted octanol–water partition coefficient (Wildman–Crippen LogP) is 5.81. The molecule has 1 heterocycles. The van der Waals surface area contributed by atoms with Crippen LogP contribution in [0.1, 0.15) is 54.4 Å². The summed E-state index contributed by atoms with van der Waals surface area (Å²) in [5.74, 6) is -1.08. The molecule has 0 spiro atoms. The maximum absolute atomic E-state index is 13.6. The Hall–Kier alpha value is -2.66. The van der Waals surface area contributed by atoms with Gasteiger partial charge in [-0.25, -0.2) is 4.39 Å². The van der Waals surface area contributed by atoms with Gasteiger partial charge in [0, 0.05) is 12.0 Å². The fourth-order valence-electron chi connectivity index (χ4n) is 5.47. The molecule has 0 bridgehead atoms. The van der Waals surface area contributed by atoms with Gasteiger partial charge in [0.2, 0.25) is 5.91 Å². The highest BCUT2D eigenvalue weighted by Crippen LogP contribution is 2.46. The third-order valence-corrected chi connectivity index (χ3v) is 7.53. The third-order valence-electron chi connectivity index (χ3n) is 7.53. The number of alkyl halides is 6. The zero-order chi connectivity index (χ0) is 27.2. The first-order chi connectivity index (χ1) is 17.2. The Kier molecular flexibility index (Phi) is 7.33. The van der Waals surface area contributed by atoms with Crippen molar-refractivity contribution in [3.63, 3.8) is 0 Å². The van der Waals surface area contributed by atoms with E-state index in [-0.39, 0.29) is 35.4 Å². The zero-order valence-electron chi connectivity index (χ0n) is 20.1. The zero-order valence-corrected chi connectivity index (χ0v) is 20.1. The summed E-state index contributed by atoms with van der Waals surface area (Å²) in [7, 11) is 1.68. The second-order valence-electron chi connectivity index (χ2n) is 9.95. The van der Waals surface area contributed by atoms with E-state index in [1.54, 1.807) is 26.1 Å². The molecule has 0 radical (unpaired) electrons. The van der Waals surface area contributed by atoms with Crippen molar-refractivity contribution in [3.05, 3.63) is 70.5 Å². The molecule has 37 heavy (non-hydrogen) atoms. The maximum Gasteiger partial charge on any atom is 0.416 e. The van der Waals surface area contributed by atoms with Crippen molar-refractivity contribution in [3.8, 4) is 0 Å². The number of amides is 1. The van der Waals surface area contributed by atoms with E-state index in [0.29, 0.717) is 31.4 Å². The number of carbonyl (C=O) groups is 1. The number of benzene rings is 2. The molecule has 4 nitrogen and oxygen atoms in total. The fourth-order valence-corrected chi connectivity index (χ4v) is 5.47. The number of halogens is 7. The van der Waals surface area contributed by atoms with Crippen LogP contribution in [-0.2, 0) is 28.5 Å². The van der Waals surface area contributed by atoms with Crippen LogP contribution in [0.5, 0.6) is 0 Å². The molecule has 1 saturated carbocycles. The summed E-state index contributed by atoms with van der Waals surface area (Å²) in [6.45, 7) is 1.32. The van der Waals surface area contributed by atoms with E-state index >= 15 is 0 Å². The lowest BCUT2D eigenvalue weighted by atomic mass is 9.80. The van der Waals surface area contributed by atoms with Crippen molar-refractivity contribution >= 4 is 5.91 Å². The van der Waals surface area contributed by atoms with Gasteiger partial charge >= 0.3 is 12.4 Å². The molecular formula is C26H27F7N2O2. The van der Waals surface area contributed by atoms with Crippen LogP contribution >= 0.6 is 0 Å². The van der Waals surface area contributed by atoms with Crippen LogP contribution in [-0.4, -0.2) is 30.6 Å². The highest BCUT2D eigenvalue weighted by atomic mass is 19.4. The number of ether oxygens (including phenoxy) is 1. The smallest absolute Gasteiger partial charge is 0.373 e. The number of hydrogen-bond acceptors (Lipinski definition) is 3. The summed E-state index contributed by atoms with van der Waals surface area (Å²) >= 11 is 0. The van der Waals surface area contributed by atoms with Crippen LogP contribution in [0.4, 0.5) is 30.7 Å². The van der Waals surface area contributed by atoms with E-state index in [9.17, 15) is 35.5 Å². The van der Waals surface area contributed by atoms with Gasteiger partial charge in [-0.05, 0) is 80.6 Å². The molecule has 2 aromatic rings. The first kappa shape index (κ1) is 27.4. The van der Waals surface area contributed by atoms with Crippen molar-refractivity contribution in [1.82, 2.24) is 10.6 Å². The van der Waals surface area contributed by atoms with Crippen LogP contribution in [0.2, 0.25) is 0 Å². The predicted molar refractivity (Wildman–Crippen MR) is 121 cm³/mol. The fraction of sp³-hybridized carbons (Fsp3) is 0.500. The van der Waals surface area contributed by atoms with Gasteiger partial charge < -0.3 is 15.4 Å². The van der Waals surface area contributed by atoms with Crippen LogP contribution < -0.4 is 10.6 Å². The minimum Gasteiger partial charge on any atom is -0.373 e. The average Bonchev–Trinajstić information content (AvgIpc) is 3.38. The molecule has 0 unspecified atom stereocenters. The highest BCUT2D eigenvalue weighted by Gasteiger charge is 2.50. The minimum atomic E-state index is -4.95. The Morgan fingerprint density at radius 3 is 2.11 bits per heavy atom. The van der Waals surface area contributed by atoms with Crippen LogP contribution in [0.15, 0.2) is 42.5 Å². The van der Waals surface area contributed by atoms with E-state index < -0.39 is 47.5 Å². The molecule has 1 aliphatic carbocycles. The van der Waals surface area contributed by atoms with Crippen molar-refractivity contribution in [2.75, 3.05) is 7.05 Å². The monoisotopic (exact) mass is 532 g/mol. The van der Waals surface area contributed by atoms with Crippen LogP contribution in [0, 0.1) is 11.7 Å². The normalized spacial score (nSPS) is 28.5. The van der Waals surface area contributed by atoms with E-state index in [1.807, 2.05) is 0 Å². The summed E-state index contributed by atoms with van der Waals surface area (Å²) in [5.41, 5.74) is -3.11. The third kappa shape index (κ3) is 5.77. The summed E-state index contributed by atoms with van der Waals surface area (Å²) < 4.78 is 99.2.